The third-order valence-electron chi connectivity index (χ3n) is 11.1. The Morgan fingerprint density at radius 3 is 2.06 bits per heavy atom. The van der Waals surface area contributed by atoms with E-state index in [2.05, 4.69) is 38.6 Å². The number of piperazine rings is 1. The minimum Gasteiger partial charge on any atom is -0.444 e. The van der Waals surface area contributed by atoms with Gasteiger partial charge >= 0.3 is 6.09 Å². The van der Waals surface area contributed by atoms with Crippen LogP contribution in [0.5, 0.6) is 0 Å². The van der Waals surface area contributed by atoms with Crippen molar-refractivity contribution < 1.29 is 14.3 Å². The van der Waals surface area contributed by atoms with Crippen molar-refractivity contribution in [1.82, 2.24) is 14.7 Å². The molecule has 6 rings (SSSR count). The summed E-state index contributed by atoms with van der Waals surface area (Å²) in [5, 5.41) is 0.527. The standard InChI is InChI=1S/C37H49ClN6O3/c1-27-37(16-21-44(27)31-10-11-33(39-5)32(38)26-31)14-19-40(20-15-37)29-8-6-28(7-9-29)34(45)42-24-22-41(23-25-42)30-12-17-43(18-13-30)35(46)47-36(2,3)4/h6-11,26-27,30H,12-25H2,1-4H3. The molecule has 1 atom stereocenters. The molecule has 4 aliphatic rings. The molecule has 10 heteroatoms. The molecule has 9 nitrogen and oxygen atoms in total. The zero-order valence-electron chi connectivity index (χ0n) is 28.4. The predicted molar refractivity (Wildman–Crippen MR) is 188 cm³/mol. The third kappa shape index (κ3) is 7.19. The van der Waals surface area contributed by atoms with Crippen molar-refractivity contribution in [2.75, 3.05) is 68.7 Å². The van der Waals surface area contributed by atoms with Gasteiger partial charge in [0.15, 0.2) is 0 Å². The van der Waals surface area contributed by atoms with Crippen molar-refractivity contribution in [1.29, 1.82) is 0 Å². The highest BCUT2D eigenvalue weighted by Gasteiger charge is 2.46. The normalized spacial score (nSPS) is 22.4. The van der Waals surface area contributed by atoms with Crippen molar-refractivity contribution in [3.05, 3.63) is 64.5 Å². The number of likely N-dealkylation sites (tertiary alicyclic amines) is 1. The molecule has 47 heavy (non-hydrogen) atoms. The Morgan fingerprint density at radius 2 is 1.47 bits per heavy atom. The Labute approximate surface area is 285 Å². The fourth-order valence-corrected chi connectivity index (χ4v) is 8.32. The van der Waals surface area contributed by atoms with Gasteiger partial charge in [0, 0.05) is 92.9 Å². The Kier molecular flexibility index (Phi) is 9.64. The summed E-state index contributed by atoms with van der Waals surface area (Å²) in [6.07, 6.45) is 5.08. The van der Waals surface area contributed by atoms with E-state index >= 15 is 0 Å². The van der Waals surface area contributed by atoms with E-state index in [9.17, 15) is 9.59 Å². The number of carbonyl (C=O) groups excluding carboxylic acids is 2. The van der Waals surface area contributed by atoms with Crippen molar-refractivity contribution in [2.24, 2.45) is 5.41 Å². The summed E-state index contributed by atoms with van der Waals surface area (Å²) in [5.74, 6) is 0.109. The Bertz CT molecular complexity index is 1480. The summed E-state index contributed by atoms with van der Waals surface area (Å²) in [6.45, 7) is 23.0. The van der Waals surface area contributed by atoms with Gasteiger partial charge in [-0.2, -0.15) is 0 Å². The first-order valence-corrected chi connectivity index (χ1v) is 17.6. The highest BCUT2D eigenvalue weighted by Crippen LogP contribution is 2.48. The predicted octanol–water partition coefficient (Wildman–Crippen LogP) is 6.93. The maximum Gasteiger partial charge on any atom is 0.410 e. The second-order valence-corrected chi connectivity index (χ2v) is 15.2. The second-order valence-electron chi connectivity index (χ2n) is 14.8. The lowest BCUT2D eigenvalue weighted by molar-refractivity contribution is 0.00984. The Hall–Kier alpha value is -3.48. The van der Waals surface area contributed by atoms with E-state index in [4.69, 9.17) is 22.9 Å². The molecule has 0 aromatic heterocycles. The Morgan fingerprint density at radius 1 is 0.851 bits per heavy atom. The number of hydrogen-bond donors (Lipinski definition) is 0. The van der Waals surface area contributed by atoms with Crippen LogP contribution in [0.3, 0.4) is 0 Å². The van der Waals surface area contributed by atoms with E-state index in [0.717, 1.165) is 102 Å². The van der Waals surface area contributed by atoms with Gasteiger partial charge in [0.25, 0.3) is 5.91 Å². The van der Waals surface area contributed by atoms with E-state index in [1.165, 1.54) is 5.69 Å². The Balaban J connectivity index is 0.965. The quantitative estimate of drug-likeness (QED) is 0.332. The summed E-state index contributed by atoms with van der Waals surface area (Å²) in [6, 6.07) is 14.9. The van der Waals surface area contributed by atoms with E-state index in [1.54, 1.807) is 0 Å². The van der Waals surface area contributed by atoms with Gasteiger partial charge in [0.1, 0.15) is 5.60 Å². The van der Waals surface area contributed by atoms with Crippen molar-refractivity contribution in [3.8, 4) is 0 Å². The van der Waals surface area contributed by atoms with E-state index < -0.39 is 5.60 Å². The molecule has 252 valence electrons. The van der Waals surface area contributed by atoms with Crippen LogP contribution in [0, 0.1) is 12.0 Å². The molecule has 4 fully saturated rings. The number of ether oxygens (including phenoxy) is 1. The van der Waals surface area contributed by atoms with Crippen LogP contribution in [0.25, 0.3) is 4.85 Å². The molecular weight excluding hydrogens is 612 g/mol. The van der Waals surface area contributed by atoms with Crippen LogP contribution in [0.1, 0.15) is 70.2 Å². The monoisotopic (exact) mass is 660 g/mol. The first kappa shape index (κ1) is 33.4. The zero-order valence-corrected chi connectivity index (χ0v) is 29.1. The molecule has 1 unspecified atom stereocenters. The highest BCUT2D eigenvalue weighted by atomic mass is 35.5. The van der Waals surface area contributed by atoms with Gasteiger partial charge in [-0.25, -0.2) is 9.64 Å². The van der Waals surface area contributed by atoms with Crippen LogP contribution in [0.4, 0.5) is 21.9 Å². The largest absolute Gasteiger partial charge is 0.444 e. The van der Waals surface area contributed by atoms with Gasteiger partial charge in [0.2, 0.25) is 5.69 Å². The molecule has 4 saturated heterocycles. The van der Waals surface area contributed by atoms with Crippen LogP contribution >= 0.6 is 11.6 Å². The second kappa shape index (κ2) is 13.6. The van der Waals surface area contributed by atoms with Crippen molar-refractivity contribution >= 4 is 40.7 Å². The van der Waals surface area contributed by atoms with E-state index in [1.807, 2.05) is 60.9 Å². The maximum absolute atomic E-state index is 13.4. The topological polar surface area (TPSA) is 63.9 Å². The molecule has 4 aliphatic heterocycles. The van der Waals surface area contributed by atoms with Crippen molar-refractivity contribution in [2.45, 2.75) is 77.5 Å². The molecule has 0 radical (unpaired) electrons. The number of benzene rings is 2. The lowest BCUT2D eigenvalue weighted by Crippen LogP contribution is -2.55. The average molecular weight is 661 g/mol. The zero-order chi connectivity index (χ0) is 33.3. The van der Waals surface area contributed by atoms with Crippen LogP contribution in [0.15, 0.2) is 42.5 Å². The van der Waals surface area contributed by atoms with Crippen LogP contribution in [-0.2, 0) is 4.74 Å². The molecule has 2 aromatic carbocycles. The fourth-order valence-electron chi connectivity index (χ4n) is 8.10. The van der Waals surface area contributed by atoms with Crippen LogP contribution in [-0.4, -0.2) is 103 Å². The number of amides is 2. The van der Waals surface area contributed by atoms with Gasteiger partial charge in [-0.15, -0.1) is 0 Å². The summed E-state index contributed by atoms with van der Waals surface area (Å²) < 4.78 is 5.55. The van der Waals surface area contributed by atoms with Gasteiger partial charge in [-0.3, -0.25) is 9.69 Å². The molecular formula is C37H49ClN6O3. The first-order chi connectivity index (χ1) is 22.5. The number of carbonyl (C=O) groups is 2. The molecule has 4 heterocycles. The van der Waals surface area contributed by atoms with Gasteiger partial charge < -0.3 is 24.3 Å². The van der Waals surface area contributed by atoms with Crippen LogP contribution in [0.2, 0.25) is 5.02 Å². The number of anilines is 2. The summed E-state index contributed by atoms with van der Waals surface area (Å²) in [7, 11) is 0. The third-order valence-corrected chi connectivity index (χ3v) is 11.4. The summed E-state index contributed by atoms with van der Waals surface area (Å²) in [4.78, 5) is 40.6. The molecule has 1 spiro atoms. The van der Waals surface area contributed by atoms with Crippen LogP contribution < -0.4 is 9.80 Å². The number of hydrogen-bond acceptors (Lipinski definition) is 6. The SMILES string of the molecule is [C-]#[N+]c1ccc(N2CCC3(CCN(c4ccc(C(=O)N5CCN(C6CCN(C(=O)OC(C)(C)C)CC6)CC5)cc4)CC3)C2C)cc1Cl. The fraction of sp³-hybridized carbons (Fsp3) is 0.595. The van der Waals surface area contributed by atoms with E-state index in [0.29, 0.717) is 22.8 Å². The number of piperidine rings is 2. The number of nitrogens with zero attached hydrogens (tertiary/aromatic N) is 6. The molecule has 0 aliphatic carbocycles. The lowest BCUT2D eigenvalue weighted by atomic mass is 9.73. The number of rotatable bonds is 4. The van der Waals surface area contributed by atoms with Crippen molar-refractivity contribution in [3.63, 3.8) is 0 Å². The van der Waals surface area contributed by atoms with Gasteiger partial charge in [-0.05, 0) is 102 Å². The smallest absolute Gasteiger partial charge is 0.410 e. The van der Waals surface area contributed by atoms with Gasteiger partial charge in [0.05, 0.1) is 6.57 Å². The summed E-state index contributed by atoms with van der Waals surface area (Å²) in [5.41, 5.74) is 3.35. The molecule has 0 saturated carbocycles. The van der Waals surface area contributed by atoms with Gasteiger partial charge in [-0.1, -0.05) is 17.7 Å². The molecule has 2 aromatic rings. The lowest BCUT2D eigenvalue weighted by Gasteiger charge is -2.44. The number of halogens is 1. The minimum absolute atomic E-state index is 0.109. The first-order valence-electron chi connectivity index (χ1n) is 17.3. The molecule has 0 N–H and O–H groups in total. The minimum atomic E-state index is -0.475. The summed E-state index contributed by atoms with van der Waals surface area (Å²) >= 11 is 6.37. The van der Waals surface area contributed by atoms with E-state index in [-0.39, 0.29) is 17.4 Å². The average Bonchev–Trinajstić information content (AvgIpc) is 3.38. The molecule has 0 bridgehead atoms. The highest BCUT2D eigenvalue weighted by molar-refractivity contribution is 6.33. The maximum atomic E-state index is 13.4. The molecule has 2 amide bonds.